The van der Waals surface area contributed by atoms with Crippen molar-refractivity contribution in [3.05, 3.63) is 24.3 Å². The Morgan fingerprint density at radius 3 is 2.08 bits per heavy atom. The average Bonchev–Trinajstić information content (AvgIpc) is 2.54. The highest BCUT2D eigenvalue weighted by atomic mass is 32.2. The largest absolute Gasteiger partial charge is 0.481 e. The van der Waals surface area contributed by atoms with Crippen LogP contribution in [0.5, 0.6) is 0 Å². The molecule has 25 heavy (non-hydrogen) atoms. The molecule has 0 aliphatic carbocycles. The molecule has 2 rings (SSSR count). The molecule has 0 bridgehead atoms. The Morgan fingerprint density at radius 2 is 1.60 bits per heavy atom. The van der Waals surface area contributed by atoms with Crippen molar-refractivity contribution in [1.82, 2.24) is 8.61 Å². The lowest BCUT2D eigenvalue weighted by Crippen LogP contribution is -2.47. The van der Waals surface area contributed by atoms with Gasteiger partial charge in [-0.1, -0.05) is 0 Å². The van der Waals surface area contributed by atoms with Gasteiger partial charge in [0.15, 0.2) is 0 Å². The fraction of sp³-hybridized carbons (Fsp3) is 0.533. The molecular formula is C15H22N2O6S2. The molecule has 8 nitrogen and oxygen atoms in total. The topological polar surface area (TPSA) is 112 Å². The highest BCUT2D eigenvalue weighted by molar-refractivity contribution is 7.89. The van der Waals surface area contributed by atoms with Crippen molar-refractivity contribution in [1.29, 1.82) is 0 Å². The number of carboxylic acid groups (broad SMARTS) is 1. The van der Waals surface area contributed by atoms with Crippen molar-refractivity contribution < 1.29 is 26.7 Å². The first-order valence-corrected chi connectivity index (χ1v) is 10.6. The van der Waals surface area contributed by atoms with Gasteiger partial charge in [0.2, 0.25) is 20.0 Å². The maximum Gasteiger partial charge on any atom is 0.307 e. The third-order valence-corrected chi connectivity index (χ3v) is 8.21. The van der Waals surface area contributed by atoms with E-state index in [0.29, 0.717) is 12.8 Å². The molecule has 0 amide bonds. The molecule has 1 saturated heterocycles. The third-order valence-electron chi connectivity index (χ3n) is 4.38. The molecule has 1 N–H and O–H groups in total. The molecule has 0 spiro atoms. The molecule has 1 fully saturated rings. The fourth-order valence-corrected chi connectivity index (χ4v) is 5.35. The summed E-state index contributed by atoms with van der Waals surface area (Å²) in [7, 11) is -4.77. The van der Waals surface area contributed by atoms with Crippen LogP contribution in [0.4, 0.5) is 0 Å². The summed E-state index contributed by atoms with van der Waals surface area (Å²) in [6.45, 7) is 1.65. The molecule has 2 unspecified atom stereocenters. The van der Waals surface area contributed by atoms with Crippen molar-refractivity contribution in [2.75, 3.05) is 20.6 Å². The lowest BCUT2D eigenvalue weighted by molar-refractivity contribution is -0.143. The van der Waals surface area contributed by atoms with Gasteiger partial charge in [-0.05, 0) is 44.0 Å². The average molecular weight is 390 g/mol. The zero-order valence-corrected chi connectivity index (χ0v) is 15.9. The molecule has 1 aliphatic heterocycles. The third kappa shape index (κ3) is 3.86. The van der Waals surface area contributed by atoms with Crippen molar-refractivity contribution >= 4 is 26.0 Å². The number of sulfonamides is 2. The predicted octanol–water partition coefficient (Wildman–Crippen LogP) is 0.811. The molecule has 0 radical (unpaired) electrons. The Hall–Kier alpha value is -1.49. The van der Waals surface area contributed by atoms with Gasteiger partial charge in [-0.2, -0.15) is 4.31 Å². The number of nitrogens with zero attached hydrogens (tertiary/aromatic N) is 2. The number of benzene rings is 1. The summed E-state index contributed by atoms with van der Waals surface area (Å²) in [5.74, 6) is -1.75. The van der Waals surface area contributed by atoms with E-state index in [9.17, 15) is 21.6 Å². The van der Waals surface area contributed by atoms with E-state index in [4.69, 9.17) is 5.11 Å². The second kappa shape index (κ2) is 7.02. The normalized spacial score (nSPS) is 22.9. The fourth-order valence-electron chi connectivity index (χ4n) is 2.74. The molecule has 1 aromatic carbocycles. The molecule has 2 atom stereocenters. The van der Waals surface area contributed by atoms with Gasteiger partial charge in [0.25, 0.3) is 0 Å². The molecule has 10 heteroatoms. The van der Waals surface area contributed by atoms with E-state index in [1.54, 1.807) is 6.92 Å². The number of aliphatic carboxylic acids is 1. The molecular weight excluding hydrogens is 368 g/mol. The van der Waals surface area contributed by atoms with Gasteiger partial charge in [-0.15, -0.1) is 0 Å². The standard InChI is InChI=1S/C15H22N2O6S2/c1-11-4-5-12(15(18)19)10-17(11)25(22,23)14-8-6-13(7-9-14)24(20,21)16(2)3/h6-9,11-12H,4-5,10H2,1-3H3,(H,18,19). The first-order chi connectivity index (χ1) is 11.5. The Kier molecular flexibility index (Phi) is 5.57. The van der Waals surface area contributed by atoms with Crippen LogP contribution in [0, 0.1) is 5.92 Å². The zero-order valence-electron chi connectivity index (χ0n) is 14.3. The van der Waals surface area contributed by atoms with Crippen molar-refractivity contribution in [3.63, 3.8) is 0 Å². The van der Waals surface area contributed by atoms with Crippen LogP contribution < -0.4 is 0 Å². The Balaban J connectivity index is 2.35. The summed E-state index contributed by atoms with van der Waals surface area (Å²) in [6, 6.07) is 4.65. The van der Waals surface area contributed by atoms with Gasteiger partial charge in [0.05, 0.1) is 15.7 Å². The van der Waals surface area contributed by atoms with E-state index in [1.807, 2.05) is 0 Å². The summed E-state index contributed by atoms with van der Waals surface area (Å²) in [5.41, 5.74) is 0. The minimum atomic E-state index is -3.90. The molecule has 1 heterocycles. The summed E-state index contributed by atoms with van der Waals surface area (Å²) in [5, 5.41) is 9.16. The second-order valence-corrected chi connectivity index (χ2v) is 10.3. The summed E-state index contributed by atoms with van der Waals surface area (Å²) >= 11 is 0. The van der Waals surface area contributed by atoms with E-state index in [1.165, 1.54) is 42.7 Å². The van der Waals surface area contributed by atoms with Gasteiger partial charge in [0, 0.05) is 26.7 Å². The van der Waals surface area contributed by atoms with Crippen molar-refractivity contribution in [2.45, 2.75) is 35.6 Å². The quantitative estimate of drug-likeness (QED) is 0.796. The summed E-state index contributed by atoms with van der Waals surface area (Å²) < 4.78 is 52.0. The number of hydrogen-bond acceptors (Lipinski definition) is 5. The Bertz CT molecular complexity index is 847. The Labute approximate surface area is 148 Å². The maximum absolute atomic E-state index is 12.8. The van der Waals surface area contributed by atoms with E-state index in [2.05, 4.69) is 0 Å². The van der Waals surface area contributed by atoms with Gasteiger partial charge < -0.3 is 5.11 Å². The highest BCUT2D eigenvalue weighted by Gasteiger charge is 2.37. The van der Waals surface area contributed by atoms with Crippen LogP contribution in [0.25, 0.3) is 0 Å². The van der Waals surface area contributed by atoms with Crippen LogP contribution in [-0.4, -0.2) is 63.2 Å². The van der Waals surface area contributed by atoms with E-state index >= 15 is 0 Å². The van der Waals surface area contributed by atoms with Crippen LogP contribution >= 0.6 is 0 Å². The number of hydrogen-bond donors (Lipinski definition) is 1. The molecule has 0 saturated carbocycles. The van der Waals surface area contributed by atoms with Crippen molar-refractivity contribution in [2.24, 2.45) is 5.92 Å². The van der Waals surface area contributed by atoms with E-state index < -0.39 is 31.9 Å². The Morgan fingerprint density at radius 1 is 1.08 bits per heavy atom. The number of carboxylic acids is 1. The van der Waals surface area contributed by atoms with Crippen LogP contribution in [0.1, 0.15) is 19.8 Å². The first kappa shape index (κ1) is 19.8. The van der Waals surface area contributed by atoms with Crippen LogP contribution in [-0.2, 0) is 24.8 Å². The van der Waals surface area contributed by atoms with Gasteiger partial charge >= 0.3 is 5.97 Å². The van der Waals surface area contributed by atoms with Gasteiger partial charge in [-0.3, -0.25) is 4.79 Å². The van der Waals surface area contributed by atoms with Crippen LogP contribution in [0.2, 0.25) is 0 Å². The minimum absolute atomic E-state index is 0.00782. The van der Waals surface area contributed by atoms with Crippen LogP contribution in [0.15, 0.2) is 34.1 Å². The molecule has 1 aromatic rings. The number of piperidine rings is 1. The summed E-state index contributed by atoms with van der Waals surface area (Å²) in [6.07, 6.45) is 0.895. The highest BCUT2D eigenvalue weighted by Crippen LogP contribution is 2.29. The lowest BCUT2D eigenvalue weighted by Gasteiger charge is -2.35. The lowest BCUT2D eigenvalue weighted by atomic mass is 9.96. The molecule has 0 aromatic heterocycles. The maximum atomic E-state index is 12.8. The number of rotatable bonds is 5. The molecule has 140 valence electrons. The first-order valence-electron chi connectivity index (χ1n) is 7.75. The molecule has 1 aliphatic rings. The van der Waals surface area contributed by atoms with Crippen molar-refractivity contribution in [3.8, 4) is 0 Å². The smallest absolute Gasteiger partial charge is 0.307 e. The number of carbonyl (C=O) groups is 1. The predicted molar refractivity (Wildman–Crippen MR) is 91.0 cm³/mol. The van der Waals surface area contributed by atoms with Gasteiger partial charge in [0.1, 0.15) is 0 Å². The SMILES string of the molecule is CC1CCC(C(=O)O)CN1S(=O)(=O)c1ccc(S(=O)(=O)N(C)C)cc1. The van der Waals surface area contributed by atoms with E-state index in [-0.39, 0.29) is 22.4 Å². The minimum Gasteiger partial charge on any atom is -0.481 e. The summed E-state index contributed by atoms with van der Waals surface area (Å²) in [4.78, 5) is 11.1. The zero-order chi connectivity index (χ0) is 19.0. The monoisotopic (exact) mass is 390 g/mol. The van der Waals surface area contributed by atoms with E-state index in [0.717, 1.165) is 4.31 Å². The van der Waals surface area contributed by atoms with Crippen LogP contribution in [0.3, 0.4) is 0 Å². The second-order valence-electron chi connectivity index (χ2n) is 6.30. The van der Waals surface area contributed by atoms with Gasteiger partial charge in [-0.25, -0.2) is 21.1 Å².